The molecule has 0 atom stereocenters. The fourth-order valence-corrected chi connectivity index (χ4v) is 2.29. The van der Waals surface area contributed by atoms with Crippen LogP contribution in [-0.2, 0) is 4.79 Å². The lowest BCUT2D eigenvalue weighted by molar-refractivity contribution is -0.286. The number of carbonyl (C=O) groups excluding carboxylic acids is 1. The van der Waals surface area contributed by atoms with Crippen molar-refractivity contribution in [2.24, 2.45) is 0 Å². The van der Waals surface area contributed by atoms with Gasteiger partial charge in [0.1, 0.15) is 5.75 Å². The summed E-state index contributed by atoms with van der Waals surface area (Å²) in [5.41, 5.74) is 0.251. The summed E-state index contributed by atoms with van der Waals surface area (Å²) in [6.45, 7) is -0.343. The van der Waals surface area contributed by atoms with E-state index in [9.17, 15) is 13.6 Å². The Kier molecular flexibility index (Phi) is 4.38. The zero-order valence-corrected chi connectivity index (χ0v) is 13.3. The minimum atomic E-state index is -3.71. The second kappa shape index (κ2) is 6.33. The van der Waals surface area contributed by atoms with Crippen LogP contribution in [0, 0.1) is 0 Å². The molecule has 1 aliphatic rings. The van der Waals surface area contributed by atoms with Gasteiger partial charge < -0.3 is 19.5 Å². The van der Waals surface area contributed by atoms with Crippen LogP contribution in [0.25, 0.3) is 0 Å². The van der Waals surface area contributed by atoms with E-state index in [4.69, 9.17) is 27.9 Å². The molecule has 1 heterocycles. The molecule has 0 unspecified atom stereocenters. The Hall–Kier alpha value is -2.25. The van der Waals surface area contributed by atoms with E-state index in [-0.39, 0.29) is 29.5 Å². The highest BCUT2D eigenvalue weighted by Gasteiger charge is 2.43. The SMILES string of the molecule is O=C(COc1cc(Cl)ccc1Cl)Nc1ccc2c(c1)OC(F)(F)O2. The van der Waals surface area contributed by atoms with Gasteiger partial charge in [0.25, 0.3) is 5.91 Å². The van der Waals surface area contributed by atoms with Gasteiger partial charge in [0.05, 0.1) is 5.02 Å². The van der Waals surface area contributed by atoms with E-state index >= 15 is 0 Å². The van der Waals surface area contributed by atoms with Gasteiger partial charge in [0, 0.05) is 22.8 Å². The largest absolute Gasteiger partial charge is 0.586 e. The normalized spacial score (nSPS) is 14.3. The Labute approximate surface area is 145 Å². The molecule has 0 aliphatic carbocycles. The number of hydrogen-bond acceptors (Lipinski definition) is 4. The van der Waals surface area contributed by atoms with E-state index in [2.05, 4.69) is 14.8 Å². The summed E-state index contributed by atoms with van der Waals surface area (Å²) in [4.78, 5) is 11.9. The van der Waals surface area contributed by atoms with Crippen molar-refractivity contribution >= 4 is 34.8 Å². The zero-order valence-electron chi connectivity index (χ0n) is 11.8. The summed E-state index contributed by atoms with van der Waals surface area (Å²) in [6, 6.07) is 8.48. The molecule has 2 aromatic rings. The molecule has 0 aromatic heterocycles. The Morgan fingerprint density at radius 2 is 1.88 bits per heavy atom. The number of rotatable bonds is 4. The number of halogens is 4. The lowest BCUT2D eigenvalue weighted by Gasteiger charge is -2.09. The van der Waals surface area contributed by atoms with Crippen molar-refractivity contribution in [2.75, 3.05) is 11.9 Å². The molecular weight excluding hydrogens is 367 g/mol. The van der Waals surface area contributed by atoms with Gasteiger partial charge in [0.15, 0.2) is 18.1 Å². The highest BCUT2D eigenvalue weighted by molar-refractivity contribution is 6.34. The summed E-state index contributed by atoms with van der Waals surface area (Å²) >= 11 is 11.7. The third-order valence-electron chi connectivity index (χ3n) is 2.94. The summed E-state index contributed by atoms with van der Waals surface area (Å²) in [5, 5.41) is 3.19. The standard InChI is InChI=1S/C15H9Cl2F2NO4/c16-8-1-3-10(17)12(5-8)22-7-14(21)20-9-2-4-11-13(6-9)24-15(18,19)23-11/h1-6H,7H2,(H,20,21). The fraction of sp³-hybridized carbons (Fsp3) is 0.133. The molecule has 24 heavy (non-hydrogen) atoms. The number of alkyl halides is 2. The lowest BCUT2D eigenvalue weighted by Crippen LogP contribution is -2.25. The molecule has 3 rings (SSSR count). The van der Waals surface area contributed by atoms with Gasteiger partial charge in [-0.25, -0.2) is 0 Å². The second-order valence-corrected chi connectivity index (χ2v) is 5.58. The van der Waals surface area contributed by atoms with E-state index in [0.29, 0.717) is 10.0 Å². The van der Waals surface area contributed by atoms with Crippen LogP contribution in [0.1, 0.15) is 0 Å². The average Bonchev–Trinajstić information content (AvgIpc) is 2.81. The van der Waals surface area contributed by atoms with Gasteiger partial charge in [-0.05, 0) is 24.3 Å². The van der Waals surface area contributed by atoms with Crippen molar-refractivity contribution in [1.29, 1.82) is 0 Å². The molecule has 2 aromatic carbocycles. The minimum Gasteiger partial charge on any atom is -0.482 e. The zero-order chi connectivity index (χ0) is 17.3. The van der Waals surface area contributed by atoms with Crippen LogP contribution in [0.3, 0.4) is 0 Å². The highest BCUT2D eigenvalue weighted by atomic mass is 35.5. The molecule has 0 saturated heterocycles. The number of hydrogen-bond donors (Lipinski definition) is 1. The number of fused-ring (bicyclic) bond motifs is 1. The Balaban J connectivity index is 1.61. The first-order valence-corrected chi connectivity index (χ1v) is 7.35. The van der Waals surface area contributed by atoms with E-state index in [1.165, 1.54) is 30.3 Å². The number of anilines is 1. The lowest BCUT2D eigenvalue weighted by atomic mass is 10.3. The molecule has 1 aliphatic heterocycles. The predicted octanol–water partition coefficient (Wildman–Crippen LogP) is 4.33. The van der Waals surface area contributed by atoms with Crippen LogP contribution in [0.15, 0.2) is 36.4 Å². The molecule has 126 valence electrons. The topological polar surface area (TPSA) is 56.8 Å². The van der Waals surface area contributed by atoms with E-state index in [1.54, 1.807) is 6.07 Å². The third kappa shape index (κ3) is 3.80. The first-order chi connectivity index (χ1) is 11.3. The summed E-state index contributed by atoms with van der Waals surface area (Å²) in [7, 11) is 0. The highest BCUT2D eigenvalue weighted by Crippen LogP contribution is 2.42. The average molecular weight is 376 g/mol. The molecule has 9 heteroatoms. The van der Waals surface area contributed by atoms with Gasteiger partial charge in [-0.3, -0.25) is 4.79 Å². The number of benzene rings is 2. The quantitative estimate of drug-likeness (QED) is 0.863. The maximum Gasteiger partial charge on any atom is 0.586 e. The molecule has 5 nitrogen and oxygen atoms in total. The first kappa shape index (κ1) is 16.6. The second-order valence-electron chi connectivity index (χ2n) is 4.74. The van der Waals surface area contributed by atoms with Crippen LogP contribution >= 0.6 is 23.2 Å². The number of nitrogens with one attached hydrogen (secondary N) is 1. The molecule has 0 fully saturated rings. The number of amides is 1. The minimum absolute atomic E-state index is 0.111. The van der Waals surface area contributed by atoms with Crippen LogP contribution in [0.4, 0.5) is 14.5 Å². The smallest absolute Gasteiger partial charge is 0.482 e. The molecule has 1 amide bonds. The van der Waals surface area contributed by atoms with E-state index in [0.717, 1.165) is 0 Å². The molecule has 0 saturated carbocycles. The molecular formula is C15H9Cl2F2NO4. The molecule has 1 N–H and O–H groups in total. The summed E-state index contributed by atoms with van der Waals surface area (Å²) in [6.07, 6.45) is -3.71. The van der Waals surface area contributed by atoms with Crippen LogP contribution in [-0.4, -0.2) is 18.8 Å². The van der Waals surface area contributed by atoms with Crippen LogP contribution in [0.2, 0.25) is 10.0 Å². The van der Waals surface area contributed by atoms with Crippen LogP contribution < -0.4 is 19.5 Å². The van der Waals surface area contributed by atoms with Crippen molar-refractivity contribution in [3.63, 3.8) is 0 Å². The third-order valence-corrected chi connectivity index (χ3v) is 3.48. The van der Waals surface area contributed by atoms with Gasteiger partial charge >= 0.3 is 6.29 Å². The Morgan fingerprint density at radius 1 is 1.12 bits per heavy atom. The van der Waals surface area contributed by atoms with Crippen molar-refractivity contribution in [1.82, 2.24) is 0 Å². The maximum atomic E-state index is 12.9. The van der Waals surface area contributed by atoms with E-state index in [1.807, 2.05) is 0 Å². The molecule has 0 radical (unpaired) electrons. The summed E-state index contributed by atoms with van der Waals surface area (Å²) < 4.78 is 39.7. The Morgan fingerprint density at radius 3 is 2.67 bits per heavy atom. The van der Waals surface area contributed by atoms with Gasteiger partial charge in [0.2, 0.25) is 0 Å². The van der Waals surface area contributed by atoms with Crippen LogP contribution in [0.5, 0.6) is 17.2 Å². The summed E-state index contributed by atoms with van der Waals surface area (Å²) in [5.74, 6) is -0.544. The molecule has 0 spiro atoms. The fourth-order valence-electron chi connectivity index (χ4n) is 1.95. The van der Waals surface area contributed by atoms with Gasteiger partial charge in [-0.1, -0.05) is 23.2 Å². The number of ether oxygens (including phenoxy) is 3. The number of carbonyl (C=O) groups is 1. The van der Waals surface area contributed by atoms with E-state index < -0.39 is 12.2 Å². The van der Waals surface area contributed by atoms with Crippen molar-refractivity contribution in [3.05, 3.63) is 46.4 Å². The van der Waals surface area contributed by atoms with Crippen molar-refractivity contribution < 1.29 is 27.8 Å². The first-order valence-electron chi connectivity index (χ1n) is 6.60. The van der Waals surface area contributed by atoms with Crippen molar-refractivity contribution in [3.8, 4) is 17.2 Å². The van der Waals surface area contributed by atoms with Crippen molar-refractivity contribution in [2.45, 2.75) is 6.29 Å². The maximum absolute atomic E-state index is 12.9. The predicted molar refractivity (Wildman–Crippen MR) is 83.2 cm³/mol. The monoisotopic (exact) mass is 375 g/mol. The Bertz CT molecular complexity index is 801. The van der Waals surface area contributed by atoms with Gasteiger partial charge in [-0.2, -0.15) is 0 Å². The van der Waals surface area contributed by atoms with Gasteiger partial charge in [-0.15, -0.1) is 8.78 Å². The molecule has 0 bridgehead atoms.